The fraction of sp³-hybridized carbons (Fsp3) is 0.176. The lowest BCUT2D eigenvalue weighted by Crippen LogP contribution is -2.34. The second-order valence-electron chi connectivity index (χ2n) is 5.05. The van der Waals surface area contributed by atoms with Crippen LogP contribution < -0.4 is 15.4 Å². The first-order valence-corrected chi connectivity index (χ1v) is 9.34. The number of halogens is 3. The van der Waals surface area contributed by atoms with Gasteiger partial charge in [0, 0.05) is 28.4 Å². The van der Waals surface area contributed by atoms with Gasteiger partial charge < -0.3 is 14.8 Å². The maximum absolute atomic E-state index is 12.3. The third-order valence-corrected chi connectivity index (χ3v) is 4.35. The maximum Gasteiger partial charge on any atom is 0.257 e. The molecule has 5 nitrogen and oxygen atoms in total. The highest BCUT2D eigenvalue weighted by Gasteiger charge is 2.11. The van der Waals surface area contributed by atoms with E-state index in [4.69, 9.17) is 44.9 Å². The summed E-state index contributed by atoms with van der Waals surface area (Å²) in [5, 5.41) is 6.51. The molecule has 9 heteroatoms. The Morgan fingerprint density at radius 1 is 1.15 bits per heavy atom. The highest BCUT2D eigenvalue weighted by Crippen LogP contribution is 2.26. The summed E-state index contributed by atoms with van der Waals surface area (Å²) in [5.74, 6) is 0.257. The van der Waals surface area contributed by atoms with Crippen LogP contribution in [-0.4, -0.2) is 31.3 Å². The monoisotopic (exact) mass is 476 g/mol. The Morgan fingerprint density at radius 3 is 2.46 bits per heavy atom. The summed E-state index contributed by atoms with van der Waals surface area (Å²) in [6.07, 6.45) is 0. The first-order chi connectivity index (χ1) is 12.4. The van der Waals surface area contributed by atoms with Crippen LogP contribution in [0.4, 0.5) is 5.69 Å². The van der Waals surface area contributed by atoms with Crippen molar-refractivity contribution in [1.82, 2.24) is 5.32 Å². The Labute approximate surface area is 175 Å². The molecule has 0 spiro atoms. The minimum atomic E-state index is -0.361. The average Bonchev–Trinajstić information content (AvgIpc) is 2.55. The van der Waals surface area contributed by atoms with Crippen LogP contribution in [0, 0.1) is 0 Å². The Morgan fingerprint density at radius 2 is 1.85 bits per heavy atom. The van der Waals surface area contributed by atoms with Crippen LogP contribution in [0.2, 0.25) is 10.0 Å². The van der Waals surface area contributed by atoms with Crippen LogP contribution in [0.5, 0.6) is 5.75 Å². The van der Waals surface area contributed by atoms with E-state index in [-0.39, 0.29) is 11.0 Å². The molecule has 2 N–H and O–H groups in total. The molecule has 0 bridgehead atoms. The van der Waals surface area contributed by atoms with Crippen molar-refractivity contribution in [1.29, 1.82) is 0 Å². The number of carbonyl (C=O) groups excluding carboxylic acids is 1. The van der Waals surface area contributed by atoms with E-state index in [9.17, 15) is 4.79 Å². The van der Waals surface area contributed by atoms with Gasteiger partial charge in [-0.15, -0.1) is 0 Å². The van der Waals surface area contributed by atoms with Crippen LogP contribution >= 0.6 is 51.3 Å². The molecule has 0 atom stereocenters. The van der Waals surface area contributed by atoms with E-state index >= 15 is 0 Å². The first-order valence-electron chi connectivity index (χ1n) is 7.39. The standard InChI is InChI=1S/C17H15BrCl2N2O3S/c1-24-4-5-25-15-3-2-10(6-14(15)18)16(23)22-17(26)21-13-8-11(19)7-12(20)9-13/h2-3,6-9H,4-5H2,1H3,(H2,21,22,23,26). The van der Waals surface area contributed by atoms with Crippen LogP contribution in [0.25, 0.3) is 0 Å². The van der Waals surface area contributed by atoms with Gasteiger partial charge in [0.25, 0.3) is 5.91 Å². The molecule has 138 valence electrons. The normalized spacial score (nSPS) is 10.3. The topological polar surface area (TPSA) is 59.6 Å². The van der Waals surface area contributed by atoms with E-state index in [1.54, 1.807) is 43.5 Å². The summed E-state index contributed by atoms with van der Waals surface area (Å²) >= 11 is 20.4. The number of carbonyl (C=O) groups is 1. The van der Waals surface area contributed by atoms with Gasteiger partial charge in [-0.05, 0) is 64.5 Å². The van der Waals surface area contributed by atoms with Crippen molar-refractivity contribution in [3.63, 3.8) is 0 Å². The van der Waals surface area contributed by atoms with Crippen molar-refractivity contribution in [3.8, 4) is 5.75 Å². The van der Waals surface area contributed by atoms with Crippen molar-refractivity contribution < 1.29 is 14.3 Å². The van der Waals surface area contributed by atoms with Gasteiger partial charge in [0.2, 0.25) is 0 Å². The molecular weight excluding hydrogens is 463 g/mol. The molecule has 0 saturated heterocycles. The molecule has 0 unspecified atom stereocenters. The summed E-state index contributed by atoms with van der Waals surface area (Å²) in [6.45, 7) is 0.888. The van der Waals surface area contributed by atoms with Crippen molar-refractivity contribution in [3.05, 3.63) is 56.5 Å². The number of amides is 1. The zero-order valence-corrected chi connectivity index (χ0v) is 17.6. The first kappa shape index (κ1) is 20.9. The van der Waals surface area contributed by atoms with E-state index in [1.807, 2.05) is 0 Å². The number of anilines is 1. The zero-order valence-electron chi connectivity index (χ0n) is 13.6. The van der Waals surface area contributed by atoms with E-state index in [0.29, 0.717) is 44.7 Å². The average molecular weight is 478 g/mol. The molecule has 26 heavy (non-hydrogen) atoms. The number of ether oxygens (including phenoxy) is 2. The zero-order chi connectivity index (χ0) is 19.1. The summed E-state index contributed by atoms with van der Waals surface area (Å²) < 4.78 is 11.1. The number of methoxy groups -OCH3 is 1. The molecule has 0 saturated carbocycles. The summed E-state index contributed by atoms with van der Waals surface area (Å²) in [7, 11) is 1.60. The Balaban J connectivity index is 1.98. The fourth-order valence-corrected chi connectivity index (χ4v) is 3.19. The van der Waals surface area contributed by atoms with Gasteiger partial charge in [0.05, 0.1) is 11.1 Å². The fourth-order valence-electron chi connectivity index (χ4n) is 1.96. The van der Waals surface area contributed by atoms with Gasteiger partial charge in [-0.2, -0.15) is 0 Å². The minimum Gasteiger partial charge on any atom is -0.490 e. The molecule has 0 aliphatic rings. The highest BCUT2D eigenvalue weighted by atomic mass is 79.9. The quantitative estimate of drug-likeness (QED) is 0.457. The third-order valence-electron chi connectivity index (χ3n) is 3.09. The van der Waals surface area contributed by atoms with E-state index < -0.39 is 0 Å². The van der Waals surface area contributed by atoms with Gasteiger partial charge >= 0.3 is 0 Å². The largest absolute Gasteiger partial charge is 0.490 e. The predicted octanol–water partition coefficient (Wildman–Crippen LogP) is 4.91. The van der Waals surface area contributed by atoms with E-state index in [2.05, 4.69) is 26.6 Å². The van der Waals surface area contributed by atoms with Crippen molar-refractivity contribution in [2.45, 2.75) is 0 Å². The SMILES string of the molecule is COCCOc1ccc(C(=O)NC(=S)Nc2cc(Cl)cc(Cl)c2)cc1Br. The molecule has 0 aromatic heterocycles. The van der Waals surface area contributed by atoms with Gasteiger partial charge in [-0.3, -0.25) is 10.1 Å². The van der Waals surface area contributed by atoms with Crippen molar-refractivity contribution in [2.24, 2.45) is 0 Å². The van der Waals surface area contributed by atoms with Gasteiger partial charge in [-0.25, -0.2) is 0 Å². The Bertz CT molecular complexity index is 800. The summed E-state index contributed by atoms with van der Waals surface area (Å²) in [5.41, 5.74) is 1.00. The van der Waals surface area contributed by atoms with E-state index in [1.165, 1.54) is 0 Å². The van der Waals surface area contributed by atoms with Crippen LogP contribution in [0.1, 0.15) is 10.4 Å². The van der Waals surface area contributed by atoms with Crippen molar-refractivity contribution >= 4 is 68.1 Å². The van der Waals surface area contributed by atoms with Crippen LogP contribution in [0.15, 0.2) is 40.9 Å². The second-order valence-corrected chi connectivity index (χ2v) is 7.19. The number of rotatable bonds is 6. The smallest absolute Gasteiger partial charge is 0.257 e. The molecule has 0 fully saturated rings. The molecule has 0 heterocycles. The van der Waals surface area contributed by atoms with Gasteiger partial charge in [0.15, 0.2) is 5.11 Å². The van der Waals surface area contributed by atoms with Crippen molar-refractivity contribution in [2.75, 3.05) is 25.6 Å². The molecule has 2 rings (SSSR count). The van der Waals surface area contributed by atoms with E-state index in [0.717, 1.165) is 0 Å². The minimum absolute atomic E-state index is 0.130. The predicted molar refractivity (Wildman–Crippen MR) is 112 cm³/mol. The van der Waals surface area contributed by atoms with Crippen LogP contribution in [0.3, 0.4) is 0 Å². The number of hydrogen-bond acceptors (Lipinski definition) is 4. The second kappa shape index (κ2) is 10.1. The number of benzene rings is 2. The molecule has 1 amide bonds. The lowest BCUT2D eigenvalue weighted by molar-refractivity contribution is 0.0977. The molecule has 0 radical (unpaired) electrons. The molecule has 0 aliphatic carbocycles. The molecular formula is C17H15BrCl2N2O3S. The lowest BCUT2D eigenvalue weighted by atomic mass is 10.2. The Hall–Kier alpha value is -1.38. The van der Waals surface area contributed by atoms with Gasteiger partial charge in [-0.1, -0.05) is 23.2 Å². The summed E-state index contributed by atoms with van der Waals surface area (Å²) in [6, 6.07) is 9.88. The number of thiocarbonyl (C=S) groups is 1. The maximum atomic E-state index is 12.3. The third kappa shape index (κ3) is 6.41. The number of nitrogens with one attached hydrogen (secondary N) is 2. The molecule has 0 aliphatic heterocycles. The lowest BCUT2D eigenvalue weighted by Gasteiger charge is -2.12. The van der Waals surface area contributed by atoms with Crippen LogP contribution in [-0.2, 0) is 4.74 Å². The van der Waals surface area contributed by atoms with Gasteiger partial charge in [0.1, 0.15) is 12.4 Å². The Kier molecular flexibility index (Phi) is 8.12. The summed E-state index contributed by atoms with van der Waals surface area (Å²) in [4.78, 5) is 12.3. The highest BCUT2D eigenvalue weighted by molar-refractivity contribution is 9.10. The number of hydrogen-bond donors (Lipinski definition) is 2. The molecule has 2 aromatic rings. The molecule has 2 aromatic carbocycles.